The summed E-state index contributed by atoms with van der Waals surface area (Å²) in [6.07, 6.45) is 1.33. The van der Waals surface area contributed by atoms with E-state index in [1.165, 1.54) is 42.6 Å². The third-order valence-corrected chi connectivity index (χ3v) is 3.19. The first-order valence-corrected chi connectivity index (χ1v) is 6.50. The number of hydrogen-bond acceptors (Lipinski definition) is 6. The van der Waals surface area contributed by atoms with Gasteiger partial charge in [-0.3, -0.25) is 15.1 Å². The second-order valence-electron chi connectivity index (χ2n) is 4.63. The van der Waals surface area contributed by atoms with Gasteiger partial charge in [-0.1, -0.05) is 0 Å². The minimum atomic E-state index is -1.04. The van der Waals surface area contributed by atoms with E-state index < -0.39 is 10.9 Å². The van der Waals surface area contributed by atoms with Crippen LogP contribution in [-0.2, 0) is 0 Å². The molecule has 0 unspecified atom stereocenters. The summed E-state index contributed by atoms with van der Waals surface area (Å²) in [6.45, 7) is 0.0176. The third-order valence-electron chi connectivity index (χ3n) is 3.19. The van der Waals surface area contributed by atoms with E-state index in [2.05, 4.69) is 4.99 Å². The average Bonchev–Trinajstić information content (AvgIpc) is 2.99. The van der Waals surface area contributed by atoms with E-state index in [-0.39, 0.29) is 23.6 Å². The number of carboxylic acids is 1. The van der Waals surface area contributed by atoms with Crippen molar-refractivity contribution in [1.82, 2.24) is 0 Å². The molecule has 0 amide bonds. The van der Waals surface area contributed by atoms with Crippen molar-refractivity contribution in [3.63, 3.8) is 0 Å². The number of benzene rings is 2. The van der Waals surface area contributed by atoms with Gasteiger partial charge in [0, 0.05) is 6.21 Å². The summed E-state index contributed by atoms with van der Waals surface area (Å²) in [7, 11) is 0. The lowest BCUT2D eigenvalue weighted by Crippen LogP contribution is -1.95. The molecule has 1 aliphatic rings. The number of fused-ring (bicyclic) bond motifs is 1. The largest absolute Gasteiger partial charge is 0.478 e. The summed E-state index contributed by atoms with van der Waals surface area (Å²) in [5.41, 5.74) is 0.724. The molecule has 0 bridgehead atoms. The van der Waals surface area contributed by atoms with Gasteiger partial charge in [0.15, 0.2) is 11.5 Å². The van der Waals surface area contributed by atoms with Crippen molar-refractivity contribution in [2.24, 2.45) is 4.99 Å². The molecule has 0 radical (unpaired) electrons. The Morgan fingerprint density at radius 2 is 1.87 bits per heavy atom. The molecule has 23 heavy (non-hydrogen) atoms. The third kappa shape index (κ3) is 2.95. The predicted molar refractivity (Wildman–Crippen MR) is 79.9 cm³/mol. The maximum Gasteiger partial charge on any atom is 0.335 e. The predicted octanol–water partition coefficient (Wildman–Crippen LogP) is 2.77. The second kappa shape index (κ2) is 5.76. The number of ether oxygens (including phenoxy) is 2. The molecule has 116 valence electrons. The molecule has 1 N–H and O–H groups in total. The van der Waals surface area contributed by atoms with Crippen LogP contribution in [0.1, 0.15) is 15.9 Å². The van der Waals surface area contributed by atoms with Crippen LogP contribution in [-0.4, -0.2) is 29.0 Å². The summed E-state index contributed by atoms with van der Waals surface area (Å²) in [4.78, 5) is 25.5. The summed E-state index contributed by atoms with van der Waals surface area (Å²) in [5.74, 6) is -0.301. The van der Waals surface area contributed by atoms with Gasteiger partial charge in [-0.2, -0.15) is 0 Å². The number of nitro benzene ring substituents is 1. The van der Waals surface area contributed by atoms with Crippen LogP contribution in [0.2, 0.25) is 0 Å². The number of nitro groups is 1. The molecule has 1 heterocycles. The molecule has 8 heteroatoms. The number of carbonyl (C=O) groups is 1. The van der Waals surface area contributed by atoms with Gasteiger partial charge in [0.2, 0.25) is 6.79 Å². The van der Waals surface area contributed by atoms with Crippen LogP contribution in [0.15, 0.2) is 41.4 Å². The van der Waals surface area contributed by atoms with Crippen molar-refractivity contribution in [2.45, 2.75) is 0 Å². The molecule has 0 saturated heterocycles. The molecule has 0 aromatic heterocycles. The Balaban J connectivity index is 1.92. The monoisotopic (exact) mass is 314 g/mol. The fraction of sp³-hybridized carbons (Fsp3) is 0.0667. The number of aromatic carboxylic acids is 1. The number of nitrogens with zero attached hydrogens (tertiary/aromatic N) is 2. The van der Waals surface area contributed by atoms with E-state index in [1.54, 1.807) is 0 Å². The molecule has 2 aromatic rings. The van der Waals surface area contributed by atoms with Crippen LogP contribution < -0.4 is 9.47 Å². The van der Waals surface area contributed by atoms with Gasteiger partial charge >= 0.3 is 5.97 Å². The van der Waals surface area contributed by atoms with Gasteiger partial charge in [-0.05, 0) is 30.3 Å². The average molecular weight is 314 g/mol. The lowest BCUT2D eigenvalue weighted by atomic mass is 10.1. The summed E-state index contributed by atoms with van der Waals surface area (Å²) < 4.78 is 10.3. The Bertz CT molecular complexity index is 813. The molecule has 0 atom stereocenters. The molecule has 2 aromatic carbocycles. The van der Waals surface area contributed by atoms with Crippen LogP contribution in [0.3, 0.4) is 0 Å². The Morgan fingerprint density at radius 3 is 2.48 bits per heavy atom. The highest BCUT2D eigenvalue weighted by Crippen LogP contribution is 2.37. The SMILES string of the molecule is O=C(O)c1ccc(N=Cc2cc3c(cc2[N+](=O)[O-])OCO3)cc1. The van der Waals surface area contributed by atoms with E-state index in [0.29, 0.717) is 17.2 Å². The van der Waals surface area contributed by atoms with E-state index in [0.717, 1.165) is 0 Å². The molecular formula is C15H10N2O6. The zero-order chi connectivity index (χ0) is 16.4. The van der Waals surface area contributed by atoms with Gasteiger partial charge in [-0.15, -0.1) is 0 Å². The van der Waals surface area contributed by atoms with E-state index in [9.17, 15) is 14.9 Å². The smallest absolute Gasteiger partial charge is 0.335 e. The highest BCUT2D eigenvalue weighted by molar-refractivity contribution is 5.90. The molecule has 3 rings (SSSR count). The summed E-state index contributed by atoms with van der Waals surface area (Å²) in [5, 5.41) is 20.0. The number of rotatable bonds is 4. The van der Waals surface area contributed by atoms with E-state index in [1.807, 2.05) is 0 Å². The zero-order valence-corrected chi connectivity index (χ0v) is 11.6. The topological polar surface area (TPSA) is 111 Å². The maximum atomic E-state index is 11.1. The highest BCUT2D eigenvalue weighted by Gasteiger charge is 2.22. The molecule has 1 aliphatic heterocycles. The summed E-state index contributed by atoms with van der Waals surface area (Å²) in [6, 6.07) is 8.61. The molecule has 8 nitrogen and oxygen atoms in total. The van der Waals surface area contributed by atoms with Crippen molar-refractivity contribution in [1.29, 1.82) is 0 Å². The Hall–Kier alpha value is -3.42. The lowest BCUT2D eigenvalue weighted by Gasteiger charge is -2.01. The van der Waals surface area contributed by atoms with Gasteiger partial charge < -0.3 is 14.6 Å². The van der Waals surface area contributed by atoms with Crippen LogP contribution in [0, 0.1) is 10.1 Å². The van der Waals surface area contributed by atoms with Crippen molar-refractivity contribution in [3.8, 4) is 11.5 Å². The van der Waals surface area contributed by atoms with Crippen molar-refractivity contribution in [3.05, 3.63) is 57.6 Å². The first-order chi connectivity index (χ1) is 11.0. The normalized spacial score (nSPS) is 12.5. The number of aliphatic imine (C=N–C) groups is 1. The van der Waals surface area contributed by atoms with Gasteiger partial charge in [-0.25, -0.2) is 4.79 Å². The van der Waals surface area contributed by atoms with Crippen molar-refractivity contribution >= 4 is 23.6 Å². The summed E-state index contributed by atoms with van der Waals surface area (Å²) >= 11 is 0. The lowest BCUT2D eigenvalue weighted by molar-refractivity contribution is -0.385. The van der Waals surface area contributed by atoms with Crippen LogP contribution >= 0.6 is 0 Å². The van der Waals surface area contributed by atoms with Gasteiger partial charge in [0.25, 0.3) is 5.69 Å². The standard InChI is InChI=1S/C15H10N2O6/c18-15(19)9-1-3-11(4-2-9)16-7-10-5-13-14(23-8-22-13)6-12(10)17(20)21/h1-7H,8H2,(H,18,19). The molecule has 0 fully saturated rings. The van der Waals surface area contributed by atoms with Crippen LogP contribution in [0.5, 0.6) is 11.5 Å². The van der Waals surface area contributed by atoms with E-state index in [4.69, 9.17) is 14.6 Å². The molecule has 0 spiro atoms. The quantitative estimate of drug-likeness (QED) is 0.527. The number of carboxylic acid groups (broad SMARTS) is 1. The fourth-order valence-corrected chi connectivity index (χ4v) is 2.04. The molecule has 0 aliphatic carbocycles. The van der Waals surface area contributed by atoms with Gasteiger partial charge in [0.05, 0.1) is 27.8 Å². The van der Waals surface area contributed by atoms with E-state index >= 15 is 0 Å². The van der Waals surface area contributed by atoms with Crippen molar-refractivity contribution < 1.29 is 24.3 Å². The maximum absolute atomic E-state index is 11.1. The first kappa shape index (κ1) is 14.5. The van der Waals surface area contributed by atoms with Crippen LogP contribution in [0.4, 0.5) is 11.4 Å². The molecular weight excluding hydrogens is 304 g/mol. The minimum absolute atomic E-state index is 0.0176. The highest BCUT2D eigenvalue weighted by atomic mass is 16.7. The first-order valence-electron chi connectivity index (χ1n) is 6.50. The Kier molecular flexibility index (Phi) is 3.63. The number of hydrogen-bond donors (Lipinski definition) is 1. The fourth-order valence-electron chi connectivity index (χ4n) is 2.04. The van der Waals surface area contributed by atoms with Crippen molar-refractivity contribution in [2.75, 3.05) is 6.79 Å². The second-order valence-corrected chi connectivity index (χ2v) is 4.63. The Morgan fingerprint density at radius 1 is 1.22 bits per heavy atom. The Labute approximate surface area is 129 Å². The van der Waals surface area contributed by atoms with Crippen LogP contribution in [0.25, 0.3) is 0 Å². The molecule has 0 saturated carbocycles. The van der Waals surface area contributed by atoms with Gasteiger partial charge in [0.1, 0.15) is 0 Å². The minimum Gasteiger partial charge on any atom is -0.478 e. The zero-order valence-electron chi connectivity index (χ0n) is 11.6.